The van der Waals surface area contributed by atoms with Gasteiger partial charge in [0.25, 0.3) is 0 Å². The second kappa shape index (κ2) is 13.0. The minimum absolute atomic E-state index is 0.0417. The number of fused-ring (bicyclic) bond motifs is 5. The van der Waals surface area contributed by atoms with Gasteiger partial charge < -0.3 is 20.7 Å². The summed E-state index contributed by atoms with van der Waals surface area (Å²) < 4.78 is 7.13. The van der Waals surface area contributed by atoms with Crippen molar-refractivity contribution in [2.45, 2.75) is 64.0 Å². The third-order valence-electron chi connectivity index (χ3n) is 9.57. The molecule has 2 aromatic heterocycles. The van der Waals surface area contributed by atoms with Gasteiger partial charge in [0, 0.05) is 41.6 Å². The van der Waals surface area contributed by atoms with E-state index in [-0.39, 0.29) is 23.0 Å². The number of imidazole rings is 1. The van der Waals surface area contributed by atoms with E-state index in [0.717, 1.165) is 101 Å². The van der Waals surface area contributed by atoms with Crippen molar-refractivity contribution in [3.63, 3.8) is 0 Å². The smallest absolute Gasteiger partial charge is 0.227 e. The lowest BCUT2D eigenvalue weighted by Crippen LogP contribution is -2.47. The van der Waals surface area contributed by atoms with E-state index < -0.39 is 0 Å². The first kappa shape index (κ1) is 32.3. The SMILES string of the molecule is COC(C)(C)C.O=CNC1(c2ccc(-c3c(-c4ccc(NC(=O)C5CC5)cc4)nc4n3-c3cccnc3Nc3ccccc3-4)cc2)CCC1. The number of anilines is 3. The largest absolute Gasteiger partial charge is 0.379 e. The first-order valence-corrected chi connectivity index (χ1v) is 16.9. The van der Waals surface area contributed by atoms with Crippen LogP contribution in [0, 0.1) is 5.92 Å². The monoisotopic (exact) mass is 654 g/mol. The average molecular weight is 655 g/mol. The van der Waals surface area contributed by atoms with Gasteiger partial charge in [-0.05, 0) is 94.8 Å². The van der Waals surface area contributed by atoms with Crippen LogP contribution in [-0.4, -0.2) is 39.6 Å². The van der Waals surface area contributed by atoms with Crippen molar-refractivity contribution in [3.8, 4) is 39.6 Å². The molecule has 9 nitrogen and oxygen atoms in total. The van der Waals surface area contributed by atoms with E-state index in [2.05, 4.69) is 56.9 Å². The van der Waals surface area contributed by atoms with Crippen LogP contribution < -0.4 is 16.0 Å². The number of amides is 2. The average Bonchev–Trinajstić information content (AvgIpc) is 3.89. The predicted molar refractivity (Wildman–Crippen MR) is 194 cm³/mol. The number of carbonyl (C=O) groups is 2. The van der Waals surface area contributed by atoms with E-state index in [1.165, 1.54) is 0 Å². The highest BCUT2D eigenvalue weighted by Crippen LogP contribution is 2.46. The highest BCUT2D eigenvalue weighted by atomic mass is 16.5. The number of carbonyl (C=O) groups excluding carboxylic acids is 2. The number of benzene rings is 3. The summed E-state index contributed by atoms with van der Waals surface area (Å²) in [7, 11) is 1.71. The lowest BCUT2D eigenvalue weighted by Gasteiger charge is -2.42. The van der Waals surface area contributed by atoms with Gasteiger partial charge in [0.2, 0.25) is 12.3 Å². The number of rotatable bonds is 7. The molecule has 250 valence electrons. The second-order valence-corrected chi connectivity index (χ2v) is 13.9. The van der Waals surface area contributed by atoms with Crippen molar-refractivity contribution in [1.82, 2.24) is 19.9 Å². The van der Waals surface area contributed by atoms with Crippen LogP contribution in [0.1, 0.15) is 58.4 Å². The highest BCUT2D eigenvalue weighted by Gasteiger charge is 2.38. The van der Waals surface area contributed by atoms with Crippen LogP contribution in [0.2, 0.25) is 0 Å². The fourth-order valence-electron chi connectivity index (χ4n) is 6.30. The maximum absolute atomic E-state index is 12.4. The third-order valence-corrected chi connectivity index (χ3v) is 9.57. The van der Waals surface area contributed by atoms with Crippen LogP contribution in [-0.2, 0) is 19.9 Å². The Labute approximate surface area is 287 Å². The van der Waals surface area contributed by atoms with Crippen LogP contribution in [0.15, 0.2) is 91.1 Å². The summed E-state index contributed by atoms with van der Waals surface area (Å²) in [5.41, 5.74) is 8.16. The number of methoxy groups -OCH3 is 1. The zero-order valence-corrected chi connectivity index (χ0v) is 28.4. The molecule has 3 N–H and O–H groups in total. The molecule has 0 spiro atoms. The molecule has 0 radical (unpaired) electrons. The second-order valence-electron chi connectivity index (χ2n) is 13.9. The normalized spacial score (nSPS) is 15.4. The number of nitrogens with zero attached hydrogens (tertiary/aromatic N) is 3. The number of hydrogen-bond acceptors (Lipinski definition) is 6. The van der Waals surface area contributed by atoms with Crippen LogP contribution in [0.4, 0.5) is 17.2 Å². The molecule has 8 rings (SSSR count). The summed E-state index contributed by atoms with van der Waals surface area (Å²) in [6.45, 7) is 6.06. The molecule has 49 heavy (non-hydrogen) atoms. The van der Waals surface area contributed by atoms with Gasteiger partial charge in [-0.25, -0.2) is 9.97 Å². The first-order chi connectivity index (χ1) is 23.7. The minimum Gasteiger partial charge on any atom is -0.379 e. The molecular formula is C40H42N6O3. The number of ether oxygens (including phenoxy) is 1. The summed E-state index contributed by atoms with van der Waals surface area (Å²) in [6.07, 6.45) is 7.49. The van der Waals surface area contributed by atoms with E-state index in [9.17, 15) is 9.59 Å². The Morgan fingerprint density at radius 1 is 0.959 bits per heavy atom. The van der Waals surface area contributed by atoms with Crippen molar-refractivity contribution in [3.05, 3.63) is 96.7 Å². The van der Waals surface area contributed by atoms with Crippen molar-refractivity contribution in [2.24, 2.45) is 5.92 Å². The lowest BCUT2D eigenvalue weighted by molar-refractivity contribution is -0.117. The number of nitrogens with one attached hydrogen (secondary N) is 3. The maximum atomic E-state index is 12.4. The Kier molecular flexibility index (Phi) is 8.54. The van der Waals surface area contributed by atoms with Crippen LogP contribution >= 0.6 is 0 Å². The third kappa shape index (κ3) is 6.46. The van der Waals surface area contributed by atoms with E-state index in [1.807, 2.05) is 69.3 Å². The van der Waals surface area contributed by atoms with E-state index >= 15 is 0 Å². The molecule has 0 saturated heterocycles. The Balaban J connectivity index is 0.000000581. The van der Waals surface area contributed by atoms with E-state index in [4.69, 9.17) is 14.7 Å². The Bertz CT molecular complexity index is 1980. The molecule has 3 aliphatic rings. The molecule has 2 fully saturated rings. The molecular weight excluding hydrogens is 612 g/mol. The summed E-state index contributed by atoms with van der Waals surface area (Å²) in [5.74, 6) is 1.79. The molecule has 1 aliphatic heterocycles. The van der Waals surface area contributed by atoms with Crippen LogP contribution in [0.5, 0.6) is 0 Å². The Morgan fingerprint density at radius 3 is 2.29 bits per heavy atom. The molecule has 9 heteroatoms. The number of aromatic nitrogens is 3. The highest BCUT2D eigenvalue weighted by molar-refractivity contribution is 5.95. The fourth-order valence-corrected chi connectivity index (χ4v) is 6.30. The molecule has 0 unspecified atom stereocenters. The van der Waals surface area contributed by atoms with Crippen molar-refractivity contribution < 1.29 is 14.3 Å². The summed E-state index contributed by atoms with van der Waals surface area (Å²) >= 11 is 0. The number of hydrogen-bond donors (Lipinski definition) is 3. The maximum Gasteiger partial charge on any atom is 0.227 e. The zero-order valence-electron chi connectivity index (χ0n) is 28.4. The van der Waals surface area contributed by atoms with Crippen LogP contribution in [0.3, 0.4) is 0 Å². The first-order valence-electron chi connectivity index (χ1n) is 16.9. The number of para-hydroxylation sites is 1. The molecule has 3 heterocycles. The van der Waals surface area contributed by atoms with Crippen molar-refractivity contribution in [1.29, 1.82) is 0 Å². The van der Waals surface area contributed by atoms with Gasteiger partial charge in [0.15, 0.2) is 5.82 Å². The van der Waals surface area contributed by atoms with Crippen LogP contribution in [0.25, 0.3) is 39.6 Å². The topological polar surface area (TPSA) is 110 Å². The van der Waals surface area contributed by atoms with Crippen molar-refractivity contribution in [2.75, 3.05) is 17.7 Å². The van der Waals surface area contributed by atoms with Gasteiger partial charge in [0.1, 0.15) is 5.82 Å². The van der Waals surface area contributed by atoms with Crippen molar-refractivity contribution >= 4 is 29.5 Å². The summed E-state index contributed by atoms with van der Waals surface area (Å²) in [6, 6.07) is 28.6. The molecule has 2 aliphatic carbocycles. The number of pyridine rings is 1. The van der Waals surface area contributed by atoms with Gasteiger partial charge in [-0.3, -0.25) is 14.2 Å². The predicted octanol–water partition coefficient (Wildman–Crippen LogP) is 8.23. The van der Waals surface area contributed by atoms with E-state index in [0.29, 0.717) is 0 Å². The summed E-state index contributed by atoms with van der Waals surface area (Å²) in [4.78, 5) is 33.8. The standard InChI is InChI=1S/C35H30N6O2.C5H12O/c42-21-37-35(18-4-19-35)25-14-10-23(11-15-25)31-30(22-12-16-26(17-13-22)38-34(43)24-8-9-24)40-33-27-5-1-2-6-28(27)39-32-29(41(31)33)7-3-20-36-32;1-5(2,3)6-4/h1-3,5-7,10-17,20-21,24H,4,8-9,18-19H2,(H,36,39)(H,37,42)(H,38,43);1-4H3. The molecule has 5 aromatic rings. The van der Waals surface area contributed by atoms with Gasteiger partial charge >= 0.3 is 0 Å². The molecule has 0 atom stereocenters. The van der Waals surface area contributed by atoms with E-state index in [1.54, 1.807) is 13.3 Å². The molecule has 0 bridgehead atoms. The zero-order chi connectivity index (χ0) is 34.2. The minimum atomic E-state index is -0.294. The molecule has 2 saturated carbocycles. The lowest BCUT2D eigenvalue weighted by atomic mass is 9.72. The van der Waals surface area contributed by atoms with Gasteiger partial charge in [-0.2, -0.15) is 0 Å². The quantitative estimate of drug-likeness (QED) is 0.150. The molecule has 2 amide bonds. The van der Waals surface area contributed by atoms with Gasteiger partial charge in [0.05, 0.1) is 33.9 Å². The van der Waals surface area contributed by atoms with Gasteiger partial charge in [-0.1, -0.05) is 48.5 Å². The Hall–Kier alpha value is -5.28. The molecule has 3 aromatic carbocycles. The summed E-state index contributed by atoms with van der Waals surface area (Å²) in [5, 5.41) is 9.63. The Morgan fingerprint density at radius 2 is 1.65 bits per heavy atom. The van der Waals surface area contributed by atoms with Gasteiger partial charge in [-0.15, -0.1) is 0 Å². The fraction of sp³-hybridized carbons (Fsp3) is 0.300.